The Morgan fingerprint density at radius 2 is 1.75 bits per heavy atom. The Labute approximate surface area is 98.9 Å². The van der Waals surface area contributed by atoms with Gasteiger partial charge in [-0.1, -0.05) is 39.3 Å². The van der Waals surface area contributed by atoms with E-state index in [-0.39, 0.29) is 0 Å². The molecule has 1 aromatic rings. The Morgan fingerprint density at radius 1 is 1.06 bits per heavy atom. The van der Waals surface area contributed by atoms with Crippen molar-refractivity contribution in [3.8, 4) is 0 Å². The zero-order valence-corrected chi connectivity index (χ0v) is 10.7. The number of hydrogen-bond donors (Lipinski definition) is 0. The van der Waals surface area contributed by atoms with Crippen LogP contribution in [0, 0.1) is 0 Å². The average molecular weight is 218 g/mol. The van der Waals surface area contributed by atoms with Crippen LogP contribution in [-0.2, 0) is 12.8 Å². The summed E-state index contributed by atoms with van der Waals surface area (Å²) in [6, 6.07) is 6.17. The van der Waals surface area contributed by atoms with Crippen LogP contribution in [0.5, 0.6) is 0 Å². The van der Waals surface area contributed by atoms with Gasteiger partial charge < -0.3 is 0 Å². The van der Waals surface area contributed by atoms with Crippen molar-refractivity contribution < 1.29 is 4.79 Å². The number of rotatable bonds is 6. The molecule has 0 bridgehead atoms. The van der Waals surface area contributed by atoms with E-state index in [0.717, 1.165) is 31.2 Å². The highest BCUT2D eigenvalue weighted by Gasteiger charge is 2.07. The molecule has 0 heterocycles. The normalized spacial score (nSPS) is 10.4. The monoisotopic (exact) mass is 218 g/mol. The van der Waals surface area contributed by atoms with Crippen LogP contribution in [0.3, 0.4) is 0 Å². The summed E-state index contributed by atoms with van der Waals surface area (Å²) in [6.07, 6.45) is 4.82. The van der Waals surface area contributed by atoms with Gasteiger partial charge in [0, 0.05) is 12.0 Å². The van der Waals surface area contributed by atoms with Crippen LogP contribution in [0.2, 0.25) is 0 Å². The SMILES string of the molecule is CCCCC(=O)c1ccc(CC)c(CC)c1. The summed E-state index contributed by atoms with van der Waals surface area (Å²) < 4.78 is 0. The molecule has 0 N–H and O–H groups in total. The maximum atomic E-state index is 11.9. The lowest BCUT2D eigenvalue weighted by atomic mass is 9.97. The third-order valence-electron chi connectivity index (χ3n) is 3.05. The minimum Gasteiger partial charge on any atom is -0.294 e. The van der Waals surface area contributed by atoms with E-state index in [1.54, 1.807) is 0 Å². The van der Waals surface area contributed by atoms with E-state index in [1.807, 2.05) is 6.07 Å². The second-order valence-corrected chi connectivity index (χ2v) is 4.22. The van der Waals surface area contributed by atoms with Crippen LogP contribution in [0.15, 0.2) is 18.2 Å². The molecule has 0 aromatic heterocycles. The van der Waals surface area contributed by atoms with Gasteiger partial charge in [0.1, 0.15) is 0 Å². The van der Waals surface area contributed by atoms with Gasteiger partial charge in [-0.25, -0.2) is 0 Å². The maximum absolute atomic E-state index is 11.9. The second kappa shape index (κ2) is 6.47. The quantitative estimate of drug-likeness (QED) is 0.654. The Hall–Kier alpha value is -1.11. The molecule has 16 heavy (non-hydrogen) atoms. The lowest BCUT2D eigenvalue weighted by molar-refractivity contribution is 0.0979. The Balaban J connectivity index is 2.85. The molecular formula is C15H22O. The number of hydrogen-bond acceptors (Lipinski definition) is 1. The average Bonchev–Trinajstić information content (AvgIpc) is 2.34. The molecule has 0 radical (unpaired) electrons. The predicted octanol–water partition coefficient (Wildman–Crippen LogP) is 4.18. The summed E-state index contributed by atoms with van der Waals surface area (Å²) in [5.41, 5.74) is 3.59. The third-order valence-corrected chi connectivity index (χ3v) is 3.05. The molecule has 88 valence electrons. The molecule has 0 saturated heterocycles. The minimum atomic E-state index is 0.291. The first-order valence-electron chi connectivity index (χ1n) is 6.37. The van der Waals surface area contributed by atoms with Gasteiger partial charge in [0.05, 0.1) is 0 Å². The fourth-order valence-electron chi connectivity index (χ4n) is 1.96. The first-order chi connectivity index (χ1) is 7.72. The molecular weight excluding hydrogens is 196 g/mol. The fourth-order valence-corrected chi connectivity index (χ4v) is 1.96. The molecule has 0 fully saturated rings. The van der Waals surface area contributed by atoms with Gasteiger partial charge in [-0.2, -0.15) is 0 Å². The number of benzene rings is 1. The van der Waals surface area contributed by atoms with E-state index in [1.165, 1.54) is 11.1 Å². The predicted molar refractivity (Wildman–Crippen MR) is 69.1 cm³/mol. The molecule has 0 unspecified atom stereocenters. The van der Waals surface area contributed by atoms with E-state index in [2.05, 4.69) is 32.9 Å². The van der Waals surface area contributed by atoms with Gasteiger partial charge >= 0.3 is 0 Å². The van der Waals surface area contributed by atoms with E-state index >= 15 is 0 Å². The Morgan fingerprint density at radius 3 is 2.31 bits per heavy atom. The lowest BCUT2D eigenvalue weighted by Gasteiger charge is -2.08. The summed E-state index contributed by atoms with van der Waals surface area (Å²) in [5.74, 6) is 0.291. The highest BCUT2D eigenvalue weighted by Crippen LogP contribution is 2.15. The largest absolute Gasteiger partial charge is 0.294 e. The van der Waals surface area contributed by atoms with Crippen molar-refractivity contribution in [2.24, 2.45) is 0 Å². The van der Waals surface area contributed by atoms with E-state index in [0.29, 0.717) is 12.2 Å². The van der Waals surface area contributed by atoms with Crippen LogP contribution < -0.4 is 0 Å². The van der Waals surface area contributed by atoms with Crippen molar-refractivity contribution in [3.63, 3.8) is 0 Å². The minimum absolute atomic E-state index is 0.291. The highest BCUT2D eigenvalue weighted by molar-refractivity contribution is 5.96. The molecule has 0 aliphatic rings. The summed E-state index contributed by atoms with van der Waals surface area (Å²) in [6.45, 7) is 6.42. The highest BCUT2D eigenvalue weighted by atomic mass is 16.1. The standard InChI is InChI=1S/C15H22O/c1-4-7-8-15(16)14-10-9-12(5-2)13(6-3)11-14/h9-11H,4-8H2,1-3H3. The van der Waals surface area contributed by atoms with Gasteiger partial charge in [0.15, 0.2) is 5.78 Å². The second-order valence-electron chi connectivity index (χ2n) is 4.22. The van der Waals surface area contributed by atoms with Crippen LogP contribution in [0.25, 0.3) is 0 Å². The van der Waals surface area contributed by atoms with Crippen molar-refractivity contribution in [2.45, 2.75) is 52.9 Å². The van der Waals surface area contributed by atoms with Crippen LogP contribution in [0.4, 0.5) is 0 Å². The summed E-state index contributed by atoms with van der Waals surface area (Å²) in [7, 11) is 0. The van der Waals surface area contributed by atoms with Gasteiger partial charge in [-0.3, -0.25) is 4.79 Å². The van der Waals surface area contributed by atoms with Crippen molar-refractivity contribution in [3.05, 3.63) is 34.9 Å². The maximum Gasteiger partial charge on any atom is 0.162 e. The molecule has 0 amide bonds. The van der Waals surface area contributed by atoms with Crippen LogP contribution in [0.1, 0.15) is 61.5 Å². The summed E-state index contributed by atoms with van der Waals surface area (Å²) in [4.78, 5) is 11.9. The number of carbonyl (C=O) groups excluding carboxylic acids is 1. The summed E-state index contributed by atoms with van der Waals surface area (Å²) in [5, 5.41) is 0. The zero-order chi connectivity index (χ0) is 12.0. The van der Waals surface area contributed by atoms with E-state index in [9.17, 15) is 4.79 Å². The molecule has 1 nitrogen and oxygen atoms in total. The number of unbranched alkanes of at least 4 members (excludes halogenated alkanes) is 1. The van der Waals surface area contributed by atoms with E-state index in [4.69, 9.17) is 0 Å². The Bertz CT molecular complexity index is 352. The molecule has 0 saturated carbocycles. The van der Waals surface area contributed by atoms with Gasteiger partial charge in [-0.05, 0) is 36.5 Å². The number of aryl methyl sites for hydroxylation is 2. The topological polar surface area (TPSA) is 17.1 Å². The van der Waals surface area contributed by atoms with Crippen LogP contribution >= 0.6 is 0 Å². The smallest absolute Gasteiger partial charge is 0.162 e. The van der Waals surface area contributed by atoms with Crippen LogP contribution in [-0.4, -0.2) is 5.78 Å². The lowest BCUT2D eigenvalue weighted by Crippen LogP contribution is -2.01. The van der Waals surface area contributed by atoms with Gasteiger partial charge in [-0.15, -0.1) is 0 Å². The zero-order valence-electron chi connectivity index (χ0n) is 10.7. The molecule has 0 aliphatic heterocycles. The molecule has 0 atom stereocenters. The third kappa shape index (κ3) is 3.19. The number of ketones is 1. The first kappa shape index (κ1) is 13.0. The van der Waals surface area contributed by atoms with E-state index < -0.39 is 0 Å². The number of carbonyl (C=O) groups is 1. The van der Waals surface area contributed by atoms with Gasteiger partial charge in [0.25, 0.3) is 0 Å². The molecule has 1 heteroatoms. The van der Waals surface area contributed by atoms with Crippen molar-refractivity contribution in [2.75, 3.05) is 0 Å². The fraction of sp³-hybridized carbons (Fsp3) is 0.533. The van der Waals surface area contributed by atoms with Crippen molar-refractivity contribution in [1.29, 1.82) is 0 Å². The summed E-state index contributed by atoms with van der Waals surface area (Å²) >= 11 is 0. The molecule has 0 aliphatic carbocycles. The van der Waals surface area contributed by atoms with Crippen molar-refractivity contribution >= 4 is 5.78 Å². The van der Waals surface area contributed by atoms with Crippen molar-refractivity contribution in [1.82, 2.24) is 0 Å². The molecule has 1 rings (SSSR count). The number of Topliss-reactive ketones (excluding diaryl/α,β-unsaturated/α-hetero) is 1. The van der Waals surface area contributed by atoms with Gasteiger partial charge in [0.2, 0.25) is 0 Å². The molecule has 1 aromatic carbocycles. The molecule has 0 spiro atoms. The Kier molecular flexibility index (Phi) is 5.24. The first-order valence-corrected chi connectivity index (χ1v) is 6.37.